The summed E-state index contributed by atoms with van der Waals surface area (Å²) in [7, 11) is 1.46. The van der Waals surface area contributed by atoms with Crippen LogP contribution in [0.25, 0.3) is 0 Å². The number of carbonyl (C=O) groups excluding carboxylic acids is 1. The Bertz CT molecular complexity index is 460. The maximum atomic E-state index is 12.3. The number of rotatable bonds is 4. The van der Waals surface area contributed by atoms with Crippen molar-refractivity contribution in [1.29, 1.82) is 0 Å². The number of esters is 1. The molecule has 1 aromatic carbocycles. The van der Waals surface area contributed by atoms with E-state index in [4.69, 9.17) is 16.3 Å². The highest BCUT2D eigenvalue weighted by atomic mass is 35.5. The maximum Gasteiger partial charge on any atom is 0.331 e. The van der Waals surface area contributed by atoms with Crippen LogP contribution in [0.4, 0.5) is 5.69 Å². The zero-order valence-corrected chi connectivity index (χ0v) is 12.9. The van der Waals surface area contributed by atoms with E-state index in [-0.39, 0.29) is 5.97 Å². The highest BCUT2D eigenvalue weighted by Gasteiger charge is 2.43. The van der Waals surface area contributed by atoms with E-state index in [1.165, 1.54) is 13.5 Å². The van der Waals surface area contributed by atoms with Gasteiger partial charge in [-0.2, -0.15) is 0 Å². The molecule has 0 saturated heterocycles. The number of hydrogen-bond acceptors (Lipinski definition) is 3. The standard InChI is InChI=1S/C16H22ClNO2/c1-3-12-5-4-10-16(11-12,15(19)20-2)18-14-8-6-13(17)7-9-14/h6-9,12,18H,3-5,10-11H2,1-2H3. The molecule has 1 N–H and O–H groups in total. The minimum atomic E-state index is -0.596. The van der Waals surface area contributed by atoms with E-state index in [2.05, 4.69) is 12.2 Å². The highest BCUT2D eigenvalue weighted by Crippen LogP contribution is 2.37. The first kappa shape index (κ1) is 15.2. The molecule has 0 spiro atoms. The first-order chi connectivity index (χ1) is 9.59. The SMILES string of the molecule is CCC1CCCC(Nc2ccc(Cl)cc2)(C(=O)OC)C1. The maximum absolute atomic E-state index is 12.3. The van der Waals surface area contributed by atoms with Crippen molar-refractivity contribution in [2.45, 2.75) is 44.6 Å². The van der Waals surface area contributed by atoms with Gasteiger partial charge in [0.05, 0.1) is 7.11 Å². The summed E-state index contributed by atoms with van der Waals surface area (Å²) in [4.78, 5) is 12.3. The molecule has 2 atom stereocenters. The molecule has 110 valence electrons. The first-order valence-electron chi connectivity index (χ1n) is 7.22. The minimum absolute atomic E-state index is 0.161. The van der Waals surface area contributed by atoms with Gasteiger partial charge in [-0.15, -0.1) is 0 Å². The summed E-state index contributed by atoms with van der Waals surface area (Å²) >= 11 is 5.91. The van der Waals surface area contributed by atoms with E-state index in [1.807, 2.05) is 24.3 Å². The molecule has 0 bridgehead atoms. The Balaban J connectivity index is 2.22. The lowest BCUT2D eigenvalue weighted by molar-refractivity contribution is -0.147. The van der Waals surface area contributed by atoms with Crippen LogP contribution in [0.3, 0.4) is 0 Å². The van der Waals surface area contributed by atoms with Crippen LogP contribution in [0.2, 0.25) is 5.02 Å². The van der Waals surface area contributed by atoms with Crippen LogP contribution in [-0.2, 0) is 9.53 Å². The first-order valence-corrected chi connectivity index (χ1v) is 7.59. The summed E-state index contributed by atoms with van der Waals surface area (Å²) in [6.45, 7) is 2.18. The van der Waals surface area contributed by atoms with Crippen LogP contribution in [0, 0.1) is 5.92 Å². The molecule has 0 radical (unpaired) electrons. The Morgan fingerprint density at radius 3 is 2.75 bits per heavy atom. The van der Waals surface area contributed by atoms with E-state index in [9.17, 15) is 4.79 Å². The molecule has 1 aromatic rings. The summed E-state index contributed by atoms with van der Waals surface area (Å²) in [6, 6.07) is 7.47. The van der Waals surface area contributed by atoms with Crippen LogP contribution in [0.5, 0.6) is 0 Å². The molecule has 1 fully saturated rings. The number of benzene rings is 1. The van der Waals surface area contributed by atoms with Crippen molar-refractivity contribution in [2.24, 2.45) is 5.92 Å². The zero-order valence-electron chi connectivity index (χ0n) is 12.1. The second-order valence-electron chi connectivity index (χ2n) is 5.58. The van der Waals surface area contributed by atoms with Gasteiger partial charge in [0.2, 0.25) is 0 Å². The molecule has 0 aromatic heterocycles. The normalized spacial score (nSPS) is 26.1. The van der Waals surface area contributed by atoms with Crippen LogP contribution in [0.15, 0.2) is 24.3 Å². The van der Waals surface area contributed by atoms with E-state index in [1.54, 1.807) is 0 Å². The molecule has 2 unspecified atom stereocenters. The molecule has 4 heteroatoms. The molecule has 20 heavy (non-hydrogen) atoms. The molecule has 0 amide bonds. The summed E-state index contributed by atoms with van der Waals surface area (Å²) in [5, 5.41) is 4.10. The third kappa shape index (κ3) is 3.26. The molecule has 3 nitrogen and oxygen atoms in total. The Kier molecular flexibility index (Phi) is 4.92. The molecular weight excluding hydrogens is 274 g/mol. The predicted molar refractivity (Wildman–Crippen MR) is 82.1 cm³/mol. The van der Waals surface area contributed by atoms with Crippen LogP contribution in [0.1, 0.15) is 39.0 Å². The highest BCUT2D eigenvalue weighted by molar-refractivity contribution is 6.30. The molecule has 1 saturated carbocycles. The van der Waals surface area contributed by atoms with Gasteiger partial charge in [-0.05, 0) is 43.0 Å². The topological polar surface area (TPSA) is 38.3 Å². The van der Waals surface area contributed by atoms with E-state index < -0.39 is 5.54 Å². The van der Waals surface area contributed by atoms with Gasteiger partial charge in [-0.1, -0.05) is 37.8 Å². The molecule has 1 aliphatic carbocycles. The smallest absolute Gasteiger partial charge is 0.331 e. The Morgan fingerprint density at radius 2 is 2.15 bits per heavy atom. The number of anilines is 1. The third-order valence-electron chi connectivity index (χ3n) is 4.23. The molecule has 1 aliphatic rings. The van der Waals surface area contributed by atoms with E-state index >= 15 is 0 Å². The third-order valence-corrected chi connectivity index (χ3v) is 4.49. The van der Waals surface area contributed by atoms with Crippen molar-refractivity contribution in [1.82, 2.24) is 0 Å². The number of carbonyl (C=O) groups is 1. The minimum Gasteiger partial charge on any atom is -0.467 e. The summed E-state index contributed by atoms with van der Waals surface area (Å²) in [6.07, 6.45) is 4.99. The van der Waals surface area contributed by atoms with Gasteiger partial charge in [-0.3, -0.25) is 0 Å². The number of hydrogen-bond donors (Lipinski definition) is 1. The second kappa shape index (κ2) is 6.49. The zero-order chi connectivity index (χ0) is 14.6. The number of nitrogens with one attached hydrogen (secondary N) is 1. The van der Waals surface area contributed by atoms with Crippen LogP contribution in [-0.4, -0.2) is 18.6 Å². The van der Waals surface area contributed by atoms with Gasteiger partial charge < -0.3 is 10.1 Å². The number of halogens is 1. The number of ether oxygens (including phenoxy) is 1. The molecular formula is C16H22ClNO2. The van der Waals surface area contributed by atoms with Crippen molar-refractivity contribution in [2.75, 3.05) is 12.4 Å². The predicted octanol–water partition coefficient (Wildman–Crippen LogP) is 4.26. The van der Waals surface area contributed by atoms with Gasteiger partial charge in [-0.25, -0.2) is 4.79 Å². The van der Waals surface area contributed by atoms with Crippen LogP contribution < -0.4 is 5.32 Å². The monoisotopic (exact) mass is 295 g/mol. The van der Waals surface area contributed by atoms with Crippen molar-refractivity contribution < 1.29 is 9.53 Å². The Morgan fingerprint density at radius 1 is 1.45 bits per heavy atom. The lowest BCUT2D eigenvalue weighted by atomic mass is 9.74. The fourth-order valence-electron chi connectivity index (χ4n) is 3.09. The lowest BCUT2D eigenvalue weighted by Gasteiger charge is -2.39. The summed E-state index contributed by atoms with van der Waals surface area (Å²) in [5.41, 5.74) is 0.318. The van der Waals surface area contributed by atoms with Gasteiger partial charge in [0, 0.05) is 10.7 Å². The van der Waals surface area contributed by atoms with Gasteiger partial charge >= 0.3 is 5.97 Å². The quantitative estimate of drug-likeness (QED) is 0.843. The average Bonchev–Trinajstić information content (AvgIpc) is 2.49. The fourth-order valence-corrected chi connectivity index (χ4v) is 3.22. The average molecular weight is 296 g/mol. The van der Waals surface area contributed by atoms with E-state index in [0.717, 1.165) is 31.4 Å². The molecule has 0 aliphatic heterocycles. The van der Waals surface area contributed by atoms with Crippen molar-refractivity contribution >= 4 is 23.3 Å². The van der Waals surface area contributed by atoms with Crippen molar-refractivity contribution in [3.8, 4) is 0 Å². The largest absolute Gasteiger partial charge is 0.467 e. The van der Waals surface area contributed by atoms with Gasteiger partial charge in [0.15, 0.2) is 0 Å². The van der Waals surface area contributed by atoms with Crippen molar-refractivity contribution in [3.63, 3.8) is 0 Å². The summed E-state index contributed by atoms with van der Waals surface area (Å²) in [5.74, 6) is 0.410. The Labute approximate surface area is 125 Å². The molecule has 2 rings (SSSR count). The lowest BCUT2D eigenvalue weighted by Crippen LogP contribution is -2.50. The van der Waals surface area contributed by atoms with Crippen LogP contribution >= 0.6 is 11.6 Å². The van der Waals surface area contributed by atoms with Gasteiger partial charge in [0.25, 0.3) is 0 Å². The fraction of sp³-hybridized carbons (Fsp3) is 0.562. The van der Waals surface area contributed by atoms with Crippen molar-refractivity contribution in [3.05, 3.63) is 29.3 Å². The number of methoxy groups -OCH3 is 1. The van der Waals surface area contributed by atoms with Gasteiger partial charge in [0.1, 0.15) is 5.54 Å². The second-order valence-corrected chi connectivity index (χ2v) is 6.01. The molecule has 0 heterocycles. The van der Waals surface area contributed by atoms with E-state index in [0.29, 0.717) is 10.9 Å². The Hall–Kier alpha value is -1.22. The summed E-state index contributed by atoms with van der Waals surface area (Å²) < 4.78 is 5.05.